The molecule has 5 heteroatoms. The first-order valence-corrected chi connectivity index (χ1v) is 6.83. The highest BCUT2D eigenvalue weighted by Crippen LogP contribution is 2.18. The molecule has 2 rings (SSSR count). The lowest BCUT2D eigenvalue weighted by molar-refractivity contribution is -0.116. The van der Waals surface area contributed by atoms with Gasteiger partial charge in [-0.15, -0.1) is 0 Å². The molecule has 18 heavy (non-hydrogen) atoms. The second-order valence-corrected chi connectivity index (χ2v) is 5.13. The molecular formula is C13H17N3OS. The summed E-state index contributed by atoms with van der Waals surface area (Å²) >= 11 is 1.66. The van der Waals surface area contributed by atoms with Gasteiger partial charge in [0.05, 0.1) is 17.1 Å². The minimum Gasteiger partial charge on any atom is -0.323 e. The molecule has 2 heterocycles. The van der Waals surface area contributed by atoms with Gasteiger partial charge in [-0.05, 0) is 42.7 Å². The van der Waals surface area contributed by atoms with Crippen LogP contribution in [0.15, 0.2) is 16.8 Å². The topological polar surface area (TPSA) is 46.9 Å². The molecule has 0 aliphatic heterocycles. The van der Waals surface area contributed by atoms with E-state index in [1.165, 1.54) is 5.56 Å². The number of aromatic nitrogens is 2. The highest BCUT2D eigenvalue weighted by atomic mass is 32.1. The summed E-state index contributed by atoms with van der Waals surface area (Å²) in [5, 5.41) is 11.3. The Labute approximate surface area is 111 Å². The largest absolute Gasteiger partial charge is 0.323 e. The van der Waals surface area contributed by atoms with Crippen LogP contribution in [0.1, 0.15) is 23.4 Å². The van der Waals surface area contributed by atoms with Crippen molar-refractivity contribution in [3.05, 3.63) is 33.8 Å². The Morgan fingerprint density at radius 2 is 2.28 bits per heavy atom. The van der Waals surface area contributed by atoms with E-state index < -0.39 is 0 Å². The van der Waals surface area contributed by atoms with Gasteiger partial charge in [0.2, 0.25) is 5.91 Å². The Balaban J connectivity index is 1.95. The molecule has 0 atom stereocenters. The minimum absolute atomic E-state index is 0.0420. The molecule has 96 valence electrons. The molecule has 1 N–H and O–H groups in total. The monoisotopic (exact) mass is 263 g/mol. The molecule has 0 aromatic carbocycles. The van der Waals surface area contributed by atoms with Gasteiger partial charge in [-0.2, -0.15) is 16.4 Å². The van der Waals surface area contributed by atoms with Crippen molar-refractivity contribution in [1.82, 2.24) is 9.78 Å². The maximum atomic E-state index is 11.9. The summed E-state index contributed by atoms with van der Waals surface area (Å²) in [6.07, 6.45) is 1.29. The lowest BCUT2D eigenvalue weighted by Crippen LogP contribution is -2.13. The van der Waals surface area contributed by atoms with Crippen LogP contribution in [0.3, 0.4) is 0 Å². The van der Waals surface area contributed by atoms with Crippen molar-refractivity contribution in [2.75, 3.05) is 5.32 Å². The van der Waals surface area contributed by atoms with Crippen molar-refractivity contribution in [1.29, 1.82) is 0 Å². The molecule has 1 amide bonds. The van der Waals surface area contributed by atoms with E-state index in [-0.39, 0.29) is 5.91 Å². The van der Waals surface area contributed by atoms with E-state index in [1.807, 2.05) is 26.3 Å². The fourth-order valence-electron chi connectivity index (χ4n) is 1.85. The average molecular weight is 263 g/mol. The van der Waals surface area contributed by atoms with Gasteiger partial charge < -0.3 is 5.32 Å². The number of hydrogen-bond acceptors (Lipinski definition) is 3. The Morgan fingerprint density at radius 3 is 2.83 bits per heavy atom. The molecule has 0 unspecified atom stereocenters. The van der Waals surface area contributed by atoms with Crippen LogP contribution >= 0.6 is 11.3 Å². The molecule has 4 nitrogen and oxygen atoms in total. The highest BCUT2D eigenvalue weighted by Gasteiger charge is 2.12. The standard InChI is InChI=1S/C13H17N3OS/c1-9-13(10(2)16(3)15-9)14-12(17)5-4-11-6-7-18-8-11/h6-8H,4-5H2,1-3H3,(H,14,17). The van der Waals surface area contributed by atoms with Crippen LogP contribution in [0.25, 0.3) is 0 Å². The van der Waals surface area contributed by atoms with Crippen LogP contribution in [0.4, 0.5) is 5.69 Å². The van der Waals surface area contributed by atoms with Gasteiger partial charge >= 0.3 is 0 Å². The molecule has 2 aromatic rings. The number of thiophene rings is 1. The second kappa shape index (κ2) is 5.35. The van der Waals surface area contributed by atoms with Crippen LogP contribution in [0.5, 0.6) is 0 Å². The van der Waals surface area contributed by atoms with E-state index >= 15 is 0 Å². The van der Waals surface area contributed by atoms with Gasteiger partial charge in [-0.3, -0.25) is 9.48 Å². The van der Waals surface area contributed by atoms with Crippen LogP contribution < -0.4 is 5.32 Å². The summed E-state index contributed by atoms with van der Waals surface area (Å²) in [5.74, 6) is 0.0420. The molecule has 0 spiro atoms. The van der Waals surface area contributed by atoms with E-state index in [2.05, 4.69) is 21.9 Å². The summed E-state index contributed by atoms with van der Waals surface area (Å²) in [6, 6.07) is 2.05. The van der Waals surface area contributed by atoms with Gasteiger partial charge in [0.15, 0.2) is 0 Å². The predicted molar refractivity (Wildman–Crippen MR) is 74.0 cm³/mol. The highest BCUT2D eigenvalue weighted by molar-refractivity contribution is 7.07. The Hall–Kier alpha value is -1.62. The molecule has 0 radical (unpaired) electrons. The third-order valence-electron chi connectivity index (χ3n) is 2.99. The molecule has 0 fully saturated rings. The van der Waals surface area contributed by atoms with E-state index in [0.29, 0.717) is 6.42 Å². The van der Waals surface area contributed by atoms with Gasteiger partial charge in [-0.1, -0.05) is 0 Å². The molecule has 0 aliphatic rings. The Morgan fingerprint density at radius 1 is 1.50 bits per heavy atom. The van der Waals surface area contributed by atoms with Crippen LogP contribution in [-0.2, 0) is 18.3 Å². The molecule has 0 saturated heterocycles. The summed E-state index contributed by atoms with van der Waals surface area (Å²) in [4.78, 5) is 11.9. The Kier molecular flexibility index (Phi) is 3.81. The average Bonchev–Trinajstić information content (AvgIpc) is 2.92. The third kappa shape index (κ3) is 2.79. The number of nitrogens with zero attached hydrogens (tertiary/aromatic N) is 2. The van der Waals surface area contributed by atoms with Crippen LogP contribution in [0.2, 0.25) is 0 Å². The number of amides is 1. The summed E-state index contributed by atoms with van der Waals surface area (Å²) in [6.45, 7) is 3.86. The van der Waals surface area contributed by atoms with E-state index in [9.17, 15) is 4.79 Å². The van der Waals surface area contributed by atoms with Gasteiger partial charge in [0.25, 0.3) is 0 Å². The second-order valence-electron chi connectivity index (χ2n) is 4.35. The zero-order valence-electron chi connectivity index (χ0n) is 10.9. The normalized spacial score (nSPS) is 10.6. The summed E-state index contributed by atoms with van der Waals surface area (Å²) < 4.78 is 1.78. The number of carbonyl (C=O) groups is 1. The zero-order chi connectivity index (χ0) is 13.1. The number of nitrogens with one attached hydrogen (secondary N) is 1. The van der Waals surface area contributed by atoms with Crippen molar-refractivity contribution >= 4 is 22.9 Å². The number of carbonyl (C=O) groups excluding carboxylic acids is 1. The number of rotatable bonds is 4. The zero-order valence-corrected chi connectivity index (χ0v) is 11.7. The molecule has 0 saturated carbocycles. The Bertz CT molecular complexity index is 543. The van der Waals surface area contributed by atoms with Gasteiger partial charge in [0, 0.05) is 13.5 Å². The van der Waals surface area contributed by atoms with Gasteiger partial charge in [0.1, 0.15) is 0 Å². The van der Waals surface area contributed by atoms with E-state index in [1.54, 1.807) is 16.0 Å². The van der Waals surface area contributed by atoms with Crippen molar-refractivity contribution < 1.29 is 4.79 Å². The van der Waals surface area contributed by atoms with Crippen molar-refractivity contribution in [2.24, 2.45) is 7.05 Å². The van der Waals surface area contributed by atoms with Crippen molar-refractivity contribution in [2.45, 2.75) is 26.7 Å². The molecule has 0 aliphatic carbocycles. The smallest absolute Gasteiger partial charge is 0.224 e. The molecular weight excluding hydrogens is 246 g/mol. The van der Waals surface area contributed by atoms with Crippen LogP contribution in [0, 0.1) is 13.8 Å². The van der Waals surface area contributed by atoms with Crippen LogP contribution in [-0.4, -0.2) is 15.7 Å². The van der Waals surface area contributed by atoms with E-state index in [4.69, 9.17) is 0 Å². The lowest BCUT2D eigenvalue weighted by Gasteiger charge is -2.05. The van der Waals surface area contributed by atoms with Gasteiger partial charge in [-0.25, -0.2) is 0 Å². The minimum atomic E-state index is 0.0420. The number of aryl methyl sites for hydroxylation is 3. The summed E-state index contributed by atoms with van der Waals surface area (Å²) in [7, 11) is 1.88. The first-order valence-electron chi connectivity index (χ1n) is 5.89. The number of hydrogen-bond donors (Lipinski definition) is 1. The fraction of sp³-hybridized carbons (Fsp3) is 0.385. The molecule has 0 bridgehead atoms. The maximum absolute atomic E-state index is 11.9. The van der Waals surface area contributed by atoms with Crippen molar-refractivity contribution in [3.8, 4) is 0 Å². The fourth-order valence-corrected chi connectivity index (χ4v) is 2.55. The third-order valence-corrected chi connectivity index (χ3v) is 3.73. The lowest BCUT2D eigenvalue weighted by atomic mass is 10.2. The number of anilines is 1. The quantitative estimate of drug-likeness (QED) is 0.922. The van der Waals surface area contributed by atoms with Crippen molar-refractivity contribution in [3.63, 3.8) is 0 Å². The van der Waals surface area contributed by atoms with E-state index in [0.717, 1.165) is 23.5 Å². The first-order chi connectivity index (χ1) is 8.58. The SMILES string of the molecule is Cc1nn(C)c(C)c1NC(=O)CCc1ccsc1. The summed E-state index contributed by atoms with van der Waals surface area (Å²) in [5.41, 5.74) is 3.90. The maximum Gasteiger partial charge on any atom is 0.224 e. The predicted octanol–water partition coefficient (Wildman–Crippen LogP) is 2.67. The first kappa shape index (κ1) is 12.8. The molecule has 2 aromatic heterocycles.